The highest BCUT2D eigenvalue weighted by Gasteiger charge is 1.94. The molecular formula is C10H21NO4. The van der Waals surface area contributed by atoms with Crippen LogP contribution in [0.3, 0.4) is 0 Å². The summed E-state index contributed by atoms with van der Waals surface area (Å²) in [5.74, 6) is -0.467. The highest BCUT2D eigenvalue weighted by Crippen LogP contribution is 1.97. The zero-order valence-corrected chi connectivity index (χ0v) is 9.45. The van der Waals surface area contributed by atoms with Crippen molar-refractivity contribution in [3.8, 4) is 0 Å². The lowest BCUT2D eigenvalue weighted by Gasteiger charge is -1.93. The molecule has 0 aliphatic rings. The highest BCUT2D eigenvalue weighted by molar-refractivity contribution is 5.69. The molecule has 0 atom stereocenters. The number of hydrogen-bond acceptors (Lipinski definition) is 4. The Hall–Kier alpha value is -1.10. The van der Waals surface area contributed by atoms with E-state index in [1.54, 1.807) is 6.92 Å². The number of aliphatic hydroxyl groups excluding tert-OH is 1. The highest BCUT2D eigenvalue weighted by atomic mass is 16.5. The molecule has 90 valence electrons. The number of rotatable bonds is 6. The molecule has 0 radical (unpaired) electrons. The molecule has 0 saturated heterocycles. The molecule has 0 aromatic carbocycles. The minimum atomic E-state index is -0.757. The summed E-state index contributed by atoms with van der Waals surface area (Å²) < 4.78 is 4.62. The SMILES string of the molecule is CCOC(C)=N.O=C(O)CCCCCO. The second-order valence-electron chi connectivity index (χ2n) is 2.92. The molecule has 0 rings (SSSR count). The third-order valence-corrected chi connectivity index (χ3v) is 1.41. The number of carboxylic acid groups (broad SMARTS) is 1. The van der Waals surface area contributed by atoms with Crippen molar-refractivity contribution >= 4 is 11.9 Å². The van der Waals surface area contributed by atoms with Crippen LogP contribution in [0.15, 0.2) is 0 Å². The molecular weight excluding hydrogens is 198 g/mol. The van der Waals surface area contributed by atoms with Gasteiger partial charge in [0, 0.05) is 20.0 Å². The normalized spacial score (nSPS) is 8.73. The summed E-state index contributed by atoms with van der Waals surface area (Å²) in [6.07, 6.45) is 2.42. The number of aliphatic hydroxyl groups is 1. The van der Waals surface area contributed by atoms with Crippen LogP contribution < -0.4 is 0 Å². The maximum atomic E-state index is 9.90. The van der Waals surface area contributed by atoms with Crippen LogP contribution in [0.1, 0.15) is 39.5 Å². The smallest absolute Gasteiger partial charge is 0.303 e. The minimum absolute atomic E-state index is 0.166. The van der Waals surface area contributed by atoms with Crippen LogP contribution in [0.5, 0.6) is 0 Å². The van der Waals surface area contributed by atoms with Crippen LogP contribution in [0, 0.1) is 5.41 Å². The van der Waals surface area contributed by atoms with Crippen LogP contribution in [-0.2, 0) is 9.53 Å². The van der Waals surface area contributed by atoms with E-state index in [9.17, 15) is 4.79 Å². The van der Waals surface area contributed by atoms with Crippen molar-refractivity contribution in [2.45, 2.75) is 39.5 Å². The van der Waals surface area contributed by atoms with Gasteiger partial charge in [-0.05, 0) is 19.8 Å². The summed E-state index contributed by atoms with van der Waals surface area (Å²) in [5.41, 5.74) is 0. The Kier molecular flexibility index (Phi) is 14.0. The molecule has 0 aliphatic carbocycles. The molecule has 0 amide bonds. The monoisotopic (exact) mass is 219 g/mol. The van der Waals surface area contributed by atoms with Crippen molar-refractivity contribution in [3.05, 3.63) is 0 Å². The van der Waals surface area contributed by atoms with Crippen molar-refractivity contribution in [1.29, 1.82) is 5.41 Å². The predicted molar refractivity (Wildman–Crippen MR) is 58.2 cm³/mol. The molecule has 3 N–H and O–H groups in total. The van der Waals surface area contributed by atoms with Gasteiger partial charge in [0.1, 0.15) is 0 Å². The molecule has 0 heterocycles. The Labute approximate surface area is 90.6 Å². The first-order valence-electron chi connectivity index (χ1n) is 5.05. The van der Waals surface area contributed by atoms with E-state index < -0.39 is 5.97 Å². The number of hydrogen-bond donors (Lipinski definition) is 3. The summed E-state index contributed by atoms with van der Waals surface area (Å²) >= 11 is 0. The Morgan fingerprint density at radius 2 is 1.93 bits per heavy atom. The Bertz CT molecular complexity index is 171. The average Bonchev–Trinajstić information content (AvgIpc) is 2.13. The first-order valence-corrected chi connectivity index (χ1v) is 5.05. The number of aliphatic carboxylic acids is 1. The summed E-state index contributed by atoms with van der Waals surface area (Å²) in [5, 5.41) is 23.1. The number of nitrogens with one attached hydrogen (secondary N) is 1. The topological polar surface area (TPSA) is 90.6 Å². The van der Waals surface area contributed by atoms with Gasteiger partial charge in [0.15, 0.2) is 5.90 Å². The fourth-order valence-corrected chi connectivity index (χ4v) is 0.781. The minimum Gasteiger partial charge on any atom is -0.482 e. The third kappa shape index (κ3) is 24.6. The van der Waals surface area contributed by atoms with E-state index in [1.807, 2.05) is 6.92 Å². The lowest BCUT2D eigenvalue weighted by Crippen LogP contribution is -1.94. The Balaban J connectivity index is 0. The van der Waals surface area contributed by atoms with Crippen LogP contribution in [-0.4, -0.2) is 35.3 Å². The molecule has 0 saturated carbocycles. The third-order valence-electron chi connectivity index (χ3n) is 1.41. The zero-order chi connectivity index (χ0) is 12.1. The van der Waals surface area contributed by atoms with Gasteiger partial charge in [0.05, 0.1) is 6.61 Å². The maximum absolute atomic E-state index is 9.90. The number of carboxylic acids is 1. The maximum Gasteiger partial charge on any atom is 0.303 e. The van der Waals surface area contributed by atoms with Gasteiger partial charge < -0.3 is 14.9 Å². The zero-order valence-electron chi connectivity index (χ0n) is 9.45. The number of unbranched alkanes of at least 4 members (excludes halogenated alkanes) is 2. The second kappa shape index (κ2) is 12.9. The van der Waals surface area contributed by atoms with Crippen molar-refractivity contribution < 1.29 is 19.7 Å². The van der Waals surface area contributed by atoms with Gasteiger partial charge in [-0.1, -0.05) is 6.42 Å². The van der Waals surface area contributed by atoms with Crippen molar-refractivity contribution in [2.24, 2.45) is 0 Å². The van der Waals surface area contributed by atoms with Crippen LogP contribution in [0.4, 0.5) is 0 Å². The Morgan fingerprint density at radius 3 is 2.20 bits per heavy atom. The Morgan fingerprint density at radius 1 is 1.33 bits per heavy atom. The fourth-order valence-electron chi connectivity index (χ4n) is 0.781. The van der Waals surface area contributed by atoms with E-state index in [-0.39, 0.29) is 18.9 Å². The van der Waals surface area contributed by atoms with E-state index >= 15 is 0 Å². The van der Waals surface area contributed by atoms with Crippen LogP contribution >= 0.6 is 0 Å². The van der Waals surface area contributed by atoms with E-state index in [2.05, 4.69) is 4.74 Å². The first-order chi connectivity index (χ1) is 7.04. The summed E-state index contributed by atoms with van der Waals surface area (Å²) in [7, 11) is 0. The van der Waals surface area contributed by atoms with Gasteiger partial charge in [-0.3, -0.25) is 10.2 Å². The molecule has 0 fully saturated rings. The van der Waals surface area contributed by atoms with Gasteiger partial charge in [-0.2, -0.15) is 0 Å². The summed E-state index contributed by atoms with van der Waals surface area (Å²) in [4.78, 5) is 9.90. The van der Waals surface area contributed by atoms with E-state index in [0.717, 1.165) is 6.42 Å². The van der Waals surface area contributed by atoms with Crippen molar-refractivity contribution in [3.63, 3.8) is 0 Å². The lowest BCUT2D eigenvalue weighted by molar-refractivity contribution is -0.137. The molecule has 0 spiro atoms. The van der Waals surface area contributed by atoms with Crippen LogP contribution in [0.2, 0.25) is 0 Å². The predicted octanol–water partition coefficient (Wildman–Crippen LogP) is 1.64. The number of ether oxygens (including phenoxy) is 1. The van der Waals surface area contributed by atoms with E-state index in [0.29, 0.717) is 19.4 Å². The lowest BCUT2D eigenvalue weighted by atomic mass is 10.2. The summed E-state index contributed by atoms with van der Waals surface area (Å²) in [6, 6.07) is 0. The molecule has 5 heteroatoms. The molecule has 0 aromatic rings. The molecule has 0 aliphatic heterocycles. The molecule has 5 nitrogen and oxygen atoms in total. The van der Waals surface area contributed by atoms with Gasteiger partial charge >= 0.3 is 5.97 Å². The second-order valence-corrected chi connectivity index (χ2v) is 2.92. The van der Waals surface area contributed by atoms with E-state index in [4.69, 9.17) is 15.6 Å². The summed E-state index contributed by atoms with van der Waals surface area (Å²) in [6.45, 7) is 4.25. The van der Waals surface area contributed by atoms with E-state index in [1.165, 1.54) is 0 Å². The average molecular weight is 219 g/mol. The number of carbonyl (C=O) groups is 1. The van der Waals surface area contributed by atoms with Crippen LogP contribution in [0.25, 0.3) is 0 Å². The van der Waals surface area contributed by atoms with Gasteiger partial charge in [0.2, 0.25) is 0 Å². The molecule has 15 heavy (non-hydrogen) atoms. The largest absolute Gasteiger partial charge is 0.482 e. The molecule has 0 unspecified atom stereocenters. The van der Waals surface area contributed by atoms with Gasteiger partial charge in [-0.15, -0.1) is 0 Å². The molecule has 0 bridgehead atoms. The van der Waals surface area contributed by atoms with Crippen molar-refractivity contribution in [1.82, 2.24) is 0 Å². The fraction of sp³-hybridized carbons (Fsp3) is 0.800. The molecule has 0 aromatic heterocycles. The first kappa shape index (κ1) is 16.3. The van der Waals surface area contributed by atoms with Gasteiger partial charge in [0.25, 0.3) is 0 Å². The standard InChI is InChI=1S/C6H12O3.C4H9NO/c7-5-3-1-2-4-6(8)9;1-3-6-4(2)5/h7H,1-5H2,(H,8,9);5H,3H2,1-2H3. The quantitative estimate of drug-likeness (QED) is 0.360. The van der Waals surface area contributed by atoms with Crippen molar-refractivity contribution in [2.75, 3.05) is 13.2 Å². The van der Waals surface area contributed by atoms with Gasteiger partial charge in [-0.25, -0.2) is 0 Å².